The molecule has 14 heteroatoms. The Bertz CT molecular complexity index is 1350. The van der Waals surface area contributed by atoms with Crippen molar-refractivity contribution in [3.05, 3.63) is 54.4 Å². The van der Waals surface area contributed by atoms with E-state index < -0.39 is 18.1 Å². The standard InChI is InChI=1S/C20H16F3N9O2/c1-34-19-11(10-31(30-19)16-9-24-7-8-25-16)18(33)27-14-4-2-3-12(26-14)17-29-28-15-6-5-13(32(15)17)20(21,22)23/h2-4,7-10,13H,5-6H2,1H3,(H,26,27,33)/t13-/m0/s1. The molecule has 1 N–H and O–H groups in total. The van der Waals surface area contributed by atoms with E-state index in [-0.39, 0.29) is 47.4 Å². The van der Waals surface area contributed by atoms with Crippen molar-refractivity contribution in [2.45, 2.75) is 25.1 Å². The zero-order valence-electron chi connectivity index (χ0n) is 17.6. The number of fused-ring (bicyclic) bond motifs is 1. The van der Waals surface area contributed by atoms with Gasteiger partial charge >= 0.3 is 6.18 Å². The maximum Gasteiger partial charge on any atom is 0.409 e. The van der Waals surface area contributed by atoms with Gasteiger partial charge in [0.15, 0.2) is 11.6 Å². The van der Waals surface area contributed by atoms with Crippen LogP contribution in [0.1, 0.15) is 28.6 Å². The monoisotopic (exact) mass is 471 g/mol. The first-order valence-electron chi connectivity index (χ1n) is 10.0. The number of pyridine rings is 1. The molecule has 0 spiro atoms. The van der Waals surface area contributed by atoms with Crippen LogP contribution in [0.15, 0.2) is 43.0 Å². The molecule has 5 rings (SSSR count). The summed E-state index contributed by atoms with van der Waals surface area (Å²) in [6, 6.07) is 2.84. The van der Waals surface area contributed by atoms with E-state index in [1.54, 1.807) is 6.07 Å². The Balaban J connectivity index is 1.42. The van der Waals surface area contributed by atoms with E-state index in [4.69, 9.17) is 4.74 Å². The number of hydrogen-bond acceptors (Lipinski definition) is 8. The highest BCUT2D eigenvalue weighted by molar-refractivity contribution is 6.05. The third kappa shape index (κ3) is 3.82. The summed E-state index contributed by atoms with van der Waals surface area (Å²) in [5.74, 6) is 0.170. The fourth-order valence-electron chi connectivity index (χ4n) is 3.71. The molecule has 0 aliphatic carbocycles. The molecule has 1 aliphatic rings. The van der Waals surface area contributed by atoms with Crippen LogP contribution in [0.2, 0.25) is 0 Å². The van der Waals surface area contributed by atoms with Crippen LogP contribution in [-0.2, 0) is 6.42 Å². The van der Waals surface area contributed by atoms with E-state index in [9.17, 15) is 18.0 Å². The lowest BCUT2D eigenvalue weighted by Gasteiger charge is -2.18. The molecule has 11 nitrogen and oxygen atoms in total. The van der Waals surface area contributed by atoms with Crippen molar-refractivity contribution in [1.29, 1.82) is 0 Å². The van der Waals surface area contributed by atoms with Gasteiger partial charge in [-0.15, -0.1) is 15.3 Å². The first-order valence-corrected chi connectivity index (χ1v) is 10.0. The molecule has 5 heterocycles. The molecule has 0 radical (unpaired) electrons. The highest BCUT2D eigenvalue weighted by Gasteiger charge is 2.46. The van der Waals surface area contributed by atoms with Crippen LogP contribution in [-0.4, -0.2) is 58.7 Å². The van der Waals surface area contributed by atoms with E-state index in [1.165, 1.54) is 48.7 Å². The summed E-state index contributed by atoms with van der Waals surface area (Å²) in [7, 11) is 1.36. The van der Waals surface area contributed by atoms with Crippen molar-refractivity contribution in [1.82, 2.24) is 39.5 Å². The van der Waals surface area contributed by atoms with Gasteiger partial charge in [-0.25, -0.2) is 14.6 Å². The lowest BCUT2D eigenvalue weighted by molar-refractivity contribution is -0.165. The molecule has 0 bridgehead atoms. The van der Waals surface area contributed by atoms with Crippen LogP contribution in [0.5, 0.6) is 5.88 Å². The molecular formula is C20H16F3N9O2. The van der Waals surface area contributed by atoms with Gasteiger partial charge < -0.3 is 10.1 Å². The van der Waals surface area contributed by atoms with E-state index in [0.717, 1.165) is 4.57 Å². The van der Waals surface area contributed by atoms with E-state index in [1.807, 2.05) is 0 Å². The summed E-state index contributed by atoms with van der Waals surface area (Å²) >= 11 is 0. The number of nitrogens with zero attached hydrogens (tertiary/aromatic N) is 8. The third-order valence-corrected chi connectivity index (χ3v) is 5.22. The third-order valence-electron chi connectivity index (χ3n) is 5.22. The predicted molar refractivity (Wildman–Crippen MR) is 110 cm³/mol. The number of hydrogen-bond donors (Lipinski definition) is 1. The quantitative estimate of drug-likeness (QED) is 0.471. The number of halogens is 3. The van der Waals surface area contributed by atoms with E-state index >= 15 is 0 Å². The molecule has 4 aromatic rings. The predicted octanol–water partition coefficient (Wildman–Crippen LogP) is 2.63. The summed E-state index contributed by atoms with van der Waals surface area (Å²) in [5, 5.41) is 14.6. The number of amides is 1. The molecule has 0 fully saturated rings. The fraction of sp³-hybridized carbons (Fsp3) is 0.250. The normalized spacial score (nSPS) is 15.2. The molecule has 34 heavy (non-hydrogen) atoms. The Morgan fingerprint density at radius 2 is 2.09 bits per heavy atom. The molecule has 0 unspecified atom stereocenters. The summed E-state index contributed by atoms with van der Waals surface area (Å²) in [4.78, 5) is 25.3. The molecule has 1 atom stereocenters. The maximum atomic E-state index is 13.5. The van der Waals surface area contributed by atoms with Gasteiger partial charge in [-0.2, -0.15) is 13.2 Å². The smallest absolute Gasteiger partial charge is 0.409 e. The Morgan fingerprint density at radius 1 is 1.24 bits per heavy atom. The fourth-order valence-corrected chi connectivity index (χ4v) is 3.71. The number of methoxy groups -OCH3 is 1. The highest BCUT2D eigenvalue weighted by Crippen LogP contribution is 2.41. The molecule has 1 amide bonds. The molecule has 0 saturated carbocycles. The Morgan fingerprint density at radius 3 is 2.82 bits per heavy atom. The average Bonchev–Trinajstić information content (AvgIpc) is 3.54. The van der Waals surface area contributed by atoms with Crippen molar-refractivity contribution < 1.29 is 22.7 Å². The van der Waals surface area contributed by atoms with E-state index in [0.29, 0.717) is 5.82 Å². The zero-order chi connectivity index (χ0) is 23.9. The van der Waals surface area contributed by atoms with Crippen LogP contribution >= 0.6 is 0 Å². The molecular weight excluding hydrogens is 455 g/mol. The van der Waals surface area contributed by atoms with Crippen molar-refractivity contribution in [2.75, 3.05) is 12.4 Å². The largest absolute Gasteiger partial charge is 0.479 e. The van der Waals surface area contributed by atoms with Crippen LogP contribution in [0, 0.1) is 0 Å². The number of aromatic nitrogens is 8. The molecule has 0 aromatic carbocycles. The van der Waals surface area contributed by atoms with Gasteiger partial charge in [0.1, 0.15) is 28.9 Å². The summed E-state index contributed by atoms with van der Waals surface area (Å²) in [5.41, 5.74) is 0.246. The second kappa shape index (κ2) is 8.20. The minimum absolute atomic E-state index is 0.0148. The number of alkyl halides is 3. The number of carbonyl (C=O) groups is 1. The second-order valence-corrected chi connectivity index (χ2v) is 7.33. The summed E-state index contributed by atoms with van der Waals surface area (Å²) in [6.07, 6.45) is 1.48. The van der Waals surface area contributed by atoms with Crippen molar-refractivity contribution in [2.24, 2.45) is 0 Å². The number of aryl methyl sites for hydroxylation is 1. The highest BCUT2D eigenvalue weighted by atomic mass is 19.4. The molecule has 174 valence electrons. The van der Waals surface area contributed by atoms with Gasteiger partial charge in [0.25, 0.3) is 5.91 Å². The van der Waals surface area contributed by atoms with Crippen molar-refractivity contribution >= 4 is 11.7 Å². The molecule has 4 aromatic heterocycles. The first-order chi connectivity index (χ1) is 16.3. The lowest BCUT2D eigenvalue weighted by Crippen LogP contribution is -2.24. The van der Waals surface area contributed by atoms with Gasteiger partial charge in [0.05, 0.1) is 13.3 Å². The number of carbonyl (C=O) groups excluding carboxylic acids is 1. The van der Waals surface area contributed by atoms with Gasteiger partial charge in [-0.1, -0.05) is 6.07 Å². The topological polar surface area (TPSA) is 126 Å². The van der Waals surface area contributed by atoms with Gasteiger partial charge in [-0.3, -0.25) is 14.3 Å². The number of anilines is 1. The van der Waals surface area contributed by atoms with Crippen molar-refractivity contribution in [3.63, 3.8) is 0 Å². The molecule has 0 saturated heterocycles. The van der Waals surface area contributed by atoms with Crippen LogP contribution in [0.25, 0.3) is 17.3 Å². The lowest BCUT2D eigenvalue weighted by atomic mass is 10.2. The first kappa shape index (κ1) is 21.5. The van der Waals surface area contributed by atoms with Gasteiger partial charge in [0.2, 0.25) is 5.88 Å². The molecule has 1 aliphatic heterocycles. The average molecular weight is 471 g/mol. The summed E-state index contributed by atoms with van der Waals surface area (Å²) < 4.78 is 48.0. The number of nitrogens with one attached hydrogen (secondary N) is 1. The van der Waals surface area contributed by atoms with Crippen LogP contribution < -0.4 is 10.1 Å². The summed E-state index contributed by atoms with van der Waals surface area (Å²) in [6.45, 7) is 0. The van der Waals surface area contributed by atoms with E-state index in [2.05, 4.69) is 35.6 Å². The Hall–Kier alpha value is -4.36. The number of rotatable bonds is 5. The SMILES string of the molecule is COc1nn(-c2cnccn2)cc1C(=O)Nc1cccc(-c2nnc3n2[C@H](C(F)(F)F)CC3)n1. The van der Waals surface area contributed by atoms with Gasteiger partial charge in [0, 0.05) is 25.0 Å². The minimum atomic E-state index is -4.44. The van der Waals surface area contributed by atoms with Crippen LogP contribution in [0.4, 0.5) is 19.0 Å². The van der Waals surface area contributed by atoms with Crippen LogP contribution in [0.3, 0.4) is 0 Å². The Labute approximate surface area is 189 Å². The number of ether oxygens (including phenoxy) is 1. The second-order valence-electron chi connectivity index (χ2n) is 7.33. The van der Waals surface area contributed by atoms with Gasteiger partial charge in [-0.05, 0) is 18.6 Å². The minimum Gasteiger partial charge on any atom is -0.479 e. The zero-order valence-corrected chi connectivity index (χ0v) is 17.6. The Kier molecular flexibility index (Phi) is 5.18. The maximum absolute atomic E-state index is 13.5. The van der Waals surface area contributed by atoms with Crippen molar-refractivity contribution in [3.8, 4) is 23.2 Å².